The van der Waals surface area contributed by atoms with Gasteiger partial charge in [0.05, 0.1) is 12.9 Å². The maximum absolute atomic E-state index is 12.5. The van der Waals surface area contributed by atoms with Gasteiger partial charge in [-0.15, -0.1) is 11.3 Å². The smallest absolute Gasteiger partial charge is 0.341 e. The van der Waals surface area contributed by atoms with Gasteiger partial charge in [0.15, 0.2) is 5.16 Å². The lowest BCUT2D eigenvalue weighted by atomic mass is 10.0. The number of ether oxygens (including phenoxy) is 1. The van der Waals surface area contributed by atoms with Gasteiger partial charge in [0.2, 0.25) is 5.91 Å². The molecule has 2 aromatic heterocycles. The molecule has 0 atom stereocenters. The molecule has 0 bridgehead atoms. The molecule has 1 aromatic carbocycles. The van der Waals surface area contributed by atoms with Crippen molar-refractivity contribution in [2.45, 2.75) is 24.0 Å². The van der Waals surface area contributed by atoms with Crippen LogP contribution in [0.1, 0.15) is 29.2 Å². The Bertz CT molecular complexity index is 1060. The van der Waals surface area contributed by atoms with Gasteiger partial charge in [0.1, 0.15) is 10.6 Å². The number of methoxy groups -OCH3 is 1. The van der Waals surface area contributed by atoms with Crippen molar-refractivity contribution in [1.82, 2.24) is 9.55 Å². The predicted molar refractivity (Wildman–Crippen MR) is 116 cm³/mol. The Labute approximate surface area is 181 Å². The number of nitrogens with zero attached hydrogens (tertiary/aromatic N) is 2. The minimum absolute atomic E-state index is 0.198. The first-order chi connectivity index (χ1) is 14.1. The van der Waals surface area contributed by atoms with Gasteiger partial charge in [-0.2, -0.15) is 0 Å². The first kappa shape index (κ1) is 20.0. The predicted octanol–water partition coefficient (Wildman–Crippen LogP) is 5.12. The van der Waals surface area contributed by atoms with E-state index in [2.05, 4.69) is 14.9 Å². The van der Waals surface area contributed by atoms with Crippen molar-refractivity contribution in [2.24, 2.45) is 0 Å². The topological polar surface area (TPSA) is 73.2 Å². The summed E-state index contributed by atoms with van der Waals surface area (Å²) in [6.45, 7) is 0. The van der Waals surface area contributed by atoms with E-state index in [0.29, 0.717) is 32.8 Å². The molecule has 0 spiro atoms. The Morgan fingerprint density at radius 1 is 1.34 bits per heavy atom. The number of aromatic nitrogens is 2. The monoisotopic (exact) mass is 447 g/mol. The molecule has 0 unspecified atom stereocenters. The van der Waals surface area contributed by atoms with E-state index in [4.69, 9.17) is 16.3 Å². The van der Waals surface area contributed by atoms with Crippen LogP contribution in [0.25, 0.3) is 11.1 Å². The number of thioether (sulfide) groups is 1. The van der Waals surface area contributed by atoms with Crippen LogP contribution >= 0.6 is 34.7 Å². The largest absolute Gasteiger partial charge is 0.465 e. The van der Waals surface area contributed by atoms with Gasteiger partial charge < -0.3 is 14.6 Å². The van der Waals surface area contributed by atoms with Crippen LogP contribution in [0.2, 0.25) is 5.02 Å². The number of esters is 1. The van der Waals surface area contributed by atoms with Crippen molar-refractivity contribution in [3.05, 3.63) is 52.6 Å². The van der Waals surface area contributed by atoms with Crippen molar-refractivity contribution in [3.8, 4) is 11.1 Å². The normalized spacial score (nSPS) is 13.3. The molecule has 1 amide bonds. The summed E-state index contributed by atoms with van der Waals surface area (Å²) in [5.74, 6) is -0.532. The van der Waals surface area contributed by atoms with Crippen molar-refractivity contribution < 1.29 is 14.3 Å². The minimum atomic E-state index is -0.520. The number of amides is 1. The van der Waals surface area contributed by atoms with Crippen LogP contribution in [-0.4, -0.2) is 34.3 Å². The number of imidazole rings is 1. The van der Waals surface area contributed by atoms with E-state index in [9.17, 15) is 9.59 Å². The molecule has 6 nitrogen and oxygen atoms in total. The van der Waals surface area contributed by atoms with Crippen LogP contribution in [0.5, 0.6) is 0 Å². The van der Waals surface area contributed by atoms with Gasteiger partial charge in [0.25, 0.3) is 0 Å². The number of carbonyl (C=O) groups is 2. The molecule has 1 aliphatic rings. The second-order valence-corrected chi connectivity index (χ2v) is 8.74. The van der Waals surface area contributed by atoms with E-state index in [1.807, 2.05) is 24.4 Å². The SMILES string of the molecule is COC(=O)c1c(-c2ccccc2Cl)csc1NC(=O)CSc1nccn1C1CC1. The number of rotatable bonds is 7. The van der Waals surface area contributed by atoms with Crippen LogP contribution < -0.4 is 5.32 Å². The molecule has 1 saturated carbocycles. The van der Waals surface area contributed by atoms with Gasteiger partial charge in [-0.3, -0.25) is 4.79 Å². The highest BCUT2D eigenvalue weighted by molar-refractivity contribution is 7.99. The summed E-state index contributed by atoms with van der Waals surface area (Å²) in [7, 11) is 1.32. The van der Waals surface area contributed by atoms with Gasteiger partial charge in [-0.1, -0.05) is 41.6 Å². The fourth-order valence-electron chi connectivity index (χ4n) is 2.97. The molecular formula is C20H18ClN3O3S2. The van der Waals surface area contributed by atoms with Crippen molar-refractivity contribution >= 4 is 51.6 Å². The van der Waals surface area contributed by atoms with Crippen LogP contribution in [-0.2, 0) is 9.53 Å². The number of carbonyl (C=O) groups excluding carboxylic acids is 2. The lowest BCUT2D eigenvalue weighted by Gasteiger charge is -2.09. The van der Waals surface area contributed by atoms with Crippen LogP contribution in [0, 0.1) is 0 Å². The van der Waals surface area contributed by atoms with E-state index in [-0.39, 0.29) is 11.7 Å². The number of nitrogens with one attached hydrogen (secondary N) is 1. The second kappa shape index (κ2) is 8.61. The van der Waals surface area contributed by atoms with Gasteiger partial charge in [-0.05, 0) is 18.9 Å². The Morgan fingerprint density at radius 3 is 2.86 bits per heavy atom. The standard InChI is InChI=1S/C20H18ClN3O3S2/c1-27-19(26)17-14(13-4-2-3-5-15(13)21)10-28-18(17)23-16(25)11-29-20-22-8-9-24(20)12-6-7-12/h2-5,8-10,12H,6-7,11H2,1H3,(H,23,25). The average Bonchev–Trinajstić information content (AvgIpc) is 3.32. The minimum Gasteiger partial charge on any atom is -0.465 e. The third-order valence-electron chi connectivity index (χ3n) is 4.50. The number of benzene rings is 1. The summed E-state index contributed by atoms with van der Waals surface area (Å²) in [5, 5.41) is 6.44. The lowest BCUT2D eigenvalue weighted by molar-refractivity contribution is -0.113. The number of anilines is 1. The number of thiophene rings is 1. The molecular weight excluding hydrogens is 430 g/mol. The highest BCUT2D eigenvalue weighted by Crippen LogP contribution is 2.40. The summed E-state index contributed by atoms with van der Waals surface area (Å²) in [6, 6.07) is 7.75. The van der Waals surface area contributed by atoms with E-state index < -0.39 is 5.97 Å². The van der Waals surface area contributed by atoms with Gasteiger partial charge in [-0.25, -0.2) is 9.78 Å². The Morgan fingerprint density at radius 2 is 2.14 bits per heavy atom. The molecule has 4 rings (SSSR count). The maximum Gasteiger partial charge on any atom is 0.341 e. The van der Waals surface area contributed by atoms with Crippen LogP contribution in [0.15, 0.2) is 47.2 Å². The van der Waals surface area contributed by atoms with E-state index in [0.717, 1.165) is 18.0 Å². The molecule has 0 saturated heterocycles. The quantitative estimate of drug-likeness (QED) is 0.402. The molecule has 0 radical (unpaired) electrons. The first-order valence-electron chi connectivity index (χ1n) is 8.98. The molecule has 29 heavy (non-hydrogen) atoms. The van der Waals surface area contributed by atoms with Crippen molar-refractivity contribution in [3.63, 3.8) is 0 Å². The number of halogens is 1. The highest BCUT2D eigenvalue weighted by Gasteiger charge is 2.26. The summed E-state index contributed by atoms with van der Waals surface area (Å²) in [6.07, 6.45) is 6.00. The molecule has 0 aliphatic heterocycles. The zero-order valence-electron chi connectivity index (χ0n) is 15.6. The Balaban J connectivity index is 1.52. The summed E-state index contributed by atoms with van der Waals surface area (Å²) < 4.78 is 7.05. The molecule has 1 N–H and O–H groups in total. The Kier molecular flexibility index (Phi) is 5.94. The van der Waals surface area contributed by atoms with Gasteiger partial charge >= 0.3 is 5.97 Å². The molecule has 1 aliphatic carbocycles. The third-order valence-corrected chi connectivity index (χ3v) is 6.71. The Hall–Kier alpha value is -2.29. The molecule has 9 heteroatoms. The number of hydrogen-bond donors (Lipinski definition) is 1. The zero-order chi connectivity index (χ0) is 20.4. The summed E-state index contributed by atoms with van der Waals surface area (Å²) in [5.41, 5.74) is 1.66. The van der Waals surface area contributed by atoms with E-state index in [1.165, 1.54) is 30.2 Å². The molecule has 150 valence electrons. The number of hydrogen-bond acceptors (Lipinski definition) is 6. The fraction of sp³-hybridized carbons (Fsp3) is 0.250. The van der Waals surface area contributed by atoms with Crippen molar-refractivity contribution in [1.29, 1.82) is 0 Å². The third kappa shape index (κ3) is 4.34. The second-order valence-electron chi connectivity index (χ2n) is 6.51. The zero-order valence-corrected chi connectivity index (χ0v) is 17.9. The summed E-state index contributed by atoms with van der Waals surface area (Å²) >= 11 is 8.95. The average molecular weight is 448 g/mol. The fourth-order valence-corrected chi connectivity index (χ4v) is 5.00. The van der Waals surface area contributed by atoms with Crippen LogP contribution in [0.3, 0.4) is 0 Å². The van der Waals surface area contributed by atoms with Crippen LogP contribution in [0.4, 0.5) is 5.00 Å². The maximum atomic E-state index is 12.5. The highest BCUT2D eigenvalue weighted by atomic mass is 35.5. The van der Waals surface area contributed by atoms with Crippen molar-refractivity contribution in [2.75, 3.05) is 18.2 Å². The van der Waals surface area contributed by atoms with E-state index >= 15 is 0 Å². The lowest BCUT2D eigenvalue weighted by Crippen LogP contribution is -2.16. The van der Waals surface area contributed by atoms with Gasteiger partial charge in [0, 0.05) is 40.0 Å². The first-order valence-corrected chi connectivity index (χ1v) is 11.2. The van der Waals surface area contributed by atoms with E-state index in [1.54, 1.807) is 17.6 Å². The molecule has 2 heterocycles. The summed E-state index contributed by atoms with van der Waals surface area (Å²) in [4.78, 5) is 29.3. The molecule has 1 fully saturated rings. The molecule has 3 aromatic rings.